The second kappa shape index (κ2) is 4.09. The molecular formula is C15H22N2O. The van der Waals surface area contributed by atoms with E-state index in [9.17, 15) is 4.79 Å². The van der Waals surface area contributed by atoms with E-state index in [0.717, 1.165) is 22.4 Å². The second-order valence-corrected chi connectivity index (χ2v) is 6.32. The van der Waals surface area contributed by atoms with Crippen LogP contribution in [0.15, 0.2) is 6.07 Å². The molecular weight excluding hydrogens is 224 g/mol. The van der Waals surface area contributed by atoms with Gasteiger partial charge >= 0.3 is 0 Å². The van der Waals surface area contributed by atoms with Crippen LogP contribution < -0.4 is 11.1 Å². The van der Waals surface area contributed by atoms with Crippen molar-refractivity contribution in [3.8, 4) is 0 Å². The van der Waals surface area contributed by atoms with Crippen LogP contribution in [0.25, 0.3) is 0 Å². The predicted molar refractivity (Wildman–Crippen MR) is 74.6 cm³/mol. The Morgan fingerprint density at radius 2 is 1.89 bits per heavy atom. The van der Waals surface area contributed by atoms with Crippen LogP contribution in [0.4, 0.5) is 5.69 Å². The van der Waals surface area contributed by atoms with E-state index >= 15 is 0 Å². The minimum atomic E-state index is -0.0165. The van der Waals surface area contributed by atoms with Crippen LogP contribution in [-0.4, -0.2) is 5.91 Å². The van der Waals surface area contributed by atoms with E-state index in [-0.39, 0.29) is 17.4 Å². The first-order chi connectivity index (χ1) is 8.21. The van der Waals surface area contributed by atoms with Gasteiger partial charge in [-0.2, -0.15) is 0 Å². The third-order valence-corrected chi connectivity index (χ3v) is 3.90. The van der Waals surface area contributed by atoms with Crippen molar-refractivity contribution < 1.29 is 4.79 Å². The fourth-order valence-corrected chi connectivity index (χ4v) is 2.47. The summed E-state index contributed by atoms with van der Waals surface area (Å²) in [5.74, 6) is 0.0778. The van der Waals surface area contributed by atoms with Gasteiger partial charge in [0, 0.05) is 11.7 Å². The van der Waals surface area contributed by atoms with Crippen LogP contribution in [0.3, 0.4) is 0 Å². The zero-order valence-electron chi connectivity index (χ0n) is 11.8. The van der Waals surface area contributed by atoms with E-state index in [4.69, 9.17) is 5.73 Å². The molecule has 1 unspecified atom stereocenters. The molecule has 98 valence electrons. The van der Waals surface area contributed by atoms with Gasteiger partial charge < -0.3 is 11.1 Å². The average molecular weight is 246 g/mol. The largest absolute Gasteiger partial charge is 0.325 e. The summed E-state index contributed by atoms with van der Waals surface area (Å²) < 4.78 is 0. The molecule has 1 aliphatic heterocycles. The van der Waals surface area contributed by atoms with E-state index in [1.165, 1.54) is 5.56 Å². The summed E-state index contributed by atoms with van der Waals surface area (Å²) in [6.07, 6.45) is 0.473. The Bertz CT molecular complexity index is 512. The summed E-state index contributed by atoms with van der Waals surface area (Å²) in [4.78, 5) is 11.5. The maximum Gasteiger partial charge on any atom is 0.228 e. The molecule has 1 heterocycles. The lowest BCUT2D eigenvalue weighted by molar-refractivity contribution is -0.115. The lowest BCUT2D eigenvalue weighted by Gasteiger charge is -2.30. The van der Waals surface area contributed by atoms with Gasteiger partial charge in [0.15, 0.2) is 0 Å². The first-order valence-corrected chi connectivity index (χ1v) is 6.40. The number of amides is 1. The Balaban J connectivity index is 2.55. The Labute approximate surface area is 109 Å². The predicted octanol–water partition coefficient (Wildman–Crippen LogP) is 2.84. The number of hydrogen-bond acceptors (Lipinski definition) is 2. The minimum absolute atomic E-state index is 0.0154. The van der Waals surface area contributed by atoms with Crippen LogP contribution >= 0.6 is 0 Å². The molecule has 1 aromatic carbocycles. The van der Waals surface area contributed by atoms with Crippen molar-refractivity contribution >= 4 is 11.6 Å². The summed E-state index contributed by atoms with van der Waals surface area (Å²) in [6.45, 7) is 10.6. The van der Waals surface area contributed by atoms with Gasteiger partial charge in [0.05, 0.1) is 6.42 Å². The highest BCUT2D eigenvalue weighted by atomic mass is 16.1. The van der Waals surface area contributed by atoms with Crippen LogP contribution in [0.5, 0.6) is 0 Å². The summed E-state index contributed by atoms with van der Waals surface area (Å²) >= 11 is 0. The lowest BCUT2D eigenvalue weighted by Crippen LogP contribution is -2.27. The quantitative estimate of drug-likeness (QED) is 0.800. The number of anilines is 1. The minimum Gasteiger partial charge on any atom is -0.325 e. The molecule has 3 nitrogen and oxygen atoms in total. The summed E-state index contributed by atoms with van der Waals surface area (Å²) in [5.41, 5.74) is 12.0. The fourth-order valence-electron chi connectivity index (χ4n) is 2.47. The van der Waals surface area contributed by atoms with E-state index in [1.807, 2.05) is 0 Å². The Kier molecular flexibility index (Phi) is 2.98. The molecule has 1 aromatic rings. The van der Waals surface area contributed by atoms with Crippen molar-refractivity contribution in [1.82, 2.24) is 0 Å². The smallest absolute Gasteiger partial charge is 0.228 e. The lowest BCUT2D eigenvalue weighted by atomic mass is 9.80. The van der Waals surface area contributed by atoms with E-state index in [0.29, 0.717) is 6.42 Å². The molecule has 0 saturated carbocycles. The van der Waals surface area contributed by atoms with Crippen molar-refractivity contribution in [2.24, 2.45) is 11.1 Å². The zero-order valence-corrected chi connectivity index (χ0v) is 11.8. The monoisotopic (exact) mass is 246 g/mol. The van der Waals surface area contributed by atoms with E-state index in [1.54, 1.807) is 0 Å². The van der Waals surface area contributed by atoms with Crippen LogP contribution in [-0.2, 0) is 11.2 Å². The molecule has 0 saturated heterocycles. The first-order valence-electron chi connectivity index (χ1n) is 6.40. The van der Waals surface area contributed by atoms with Crippen molar-refractivity contribution in [2.75, 3.05) is 5.32 Å². The average Bonchev–Trinajstić information content (AvgIpc) is 2.62. The number of rotatable bonds is 1. The molecule has 0 spiro atoms. The number of nitrogens with one attached hydrogen (secondary N) is 1. The van der Waals surface area contributed by atoms with Gasteiger partial charge in [0.25, 0.3) is 0 Å². The normalized spacial score (nSPS) is 16.4. The highest BCUT2D eigenvalue weighted by Gasteiger charge is 2.28. The van der Waals surface area contributed by atoms with Crippen molar-refractivity contribution in [1.29, 1.82) is 0 Å². The number of carbonyl (C=O) groups excluding carboxylic acids is 1. The Morgan fingerprint density at radius 3 is 2.44 bits per heavy atom. The van der Waals surface area contributed by atoms with Crippen molar-refractivity contribution in [2.45, 2.75) is 47.1 Å². The molecule has 2 rings (SSSR count). The fraction of sp³-hybridized carbons (Fsp3) is 0.533. The van der Waals surface area contributed by atoms with E-state index < -0.39 is 0 Å². The van der Waals surface area contributed by atoms with Gasteiger partial charge in [0.2, 0.25) is 5.91 Å². The topological polar surface area (TPSA) is 55.1 Å². The van der Waals surface area contributed by atoms with Crippen LogP contribution in [0.2, 0.25) is 0 Å². The highest BCUT2D eigenvalue weighted by Crippen LogP contribution is 2.38. The maximum atomic E-state index is 11.5. The third-order valence-electron chi connectivity index (χ3n) is 3.90. The number of hydrogen-bond donors (Lipinski definition) is 2. The summed E-state index contributed by atoms with van der Waals surface area (Å²) in [5, 5.41) is 2.93. The molecule has 1 aliphatic rings. The molecule has 0 bridgehead atoms. The van der Waals surface area contributed by atoms with Crippen molar-refractivity contribution in [3.05, 3.63) is 28.3 Å². The summed E-state index contributed by atoms with van der Waals surface area (Å²) in [6, 6.07) is 2.09. The standard InChI is InChI=1S/C15H22N2O/c1-8-9(2)13-10(7-12(18)17-13)6-11(8)14(16)15(3,4)5/h6,14H,7,16H2,1-5H3,(H,17,18). The Morgan fingerprint density at radius 1 is 1.28 bits per heavy atom. The zero-order chi connectivity index (χ0) is 13.7. The molecule has 18 heavy (non-hydrogen) atoms. The van der Waals surface area contributed by atoms with Gasteiger partial charge in [-0.15, -0.1) is 0 Å². The number of fused-ring (bicyclic) bond motifs is 1. The Hall–Kier alpha value is -1.35. The number of carbonyl (C=O) groups is 1. The molecule has 0 radical (unpaired) electrons. The number of nitrogens with two attached hydrogens (primary N) is 1. The van der Waals surface area contributed by atoms with E-state index in [2.05, 4.69) is 46.0 Å². The SMILES string of the molecule is Cc1c(C(N)C(C)(C)C)cc2c(c1C)NC(=O)C2. The second-order valence-electron chi connectivity index (χ2n) is 6.32. The van der Waals surface area contributed by atoms with Gasteiger partial charge in [-0.3, -0.25) is 4.79 Å². The van der Waals surface area contributed by atoms with Gasteiger partial charge in [-0.25, -0.2) is 0 Å². The molecule has 3 N–H and O–H groups in total. The highest BCUT2D eigenvalue weighted by molar-refractivity contribution is 6.00. The molecule has 1 amide bonds. The van der Waals surface area contributed by atoms with Gasteiger partial charge in [-0.05, 0) is 41.5 Å². The summed E-state index contributed by atoms with van der Waals surface area (Å²) in [7, 11) is 0. The first kappa shape index (κ1) is 13.1. The third kappa shape index (κ3) is 2.03. The molecule has 0 aromatic heterocycles. The molecule has 0 aliphatic carbocycles. The van der Waals surface area contributed by atoms with Gasteiger partial charge in [-0.1, -0.05) is 26.8 Å². The molecule has 0 fully saturated rings. The molecule has 3 heteroatoms. The van der Waals surface area contributed by atoms with Crippen LogP contribution in [0.1, 0.15) is 49.1 Å². The van der Waals surface area contributed by atoms with Crippen molar-refractivity contribution in [3.63, 3.8) is 0 Å². The van der Waals surface area contributed by atoms with Crippen LogP contribution in [0, 0.1) is 19.3 Å². The van der Waals surface area contributed by atoms with Gasteiger partial charge in [0.1, 0.15) is 0 Å². The molecule has 1 atom stereocenters. The maximum absolute atomic E-state index is 11.5. The number of benzene rings is 1.